The van der Waals surface area contributed by atoms with Crippen molar-refractivity contribution in [2.24, 2.45) is 0 Å². The van der Waals surface area contributed by atoms with Crippen molar-refractivity contribution in [2.45, 2.75) is 39.4 Å². The zero-order valence-electron chi connectivity index (χ0n) is 16.1. The van der Waals surface area contributed by atoms with E-state index >= 15 is 0 Å². The molecule has 0 radical (unpaired) electrons. The Balaban J connectivity index is 1.73. The summed E-state index contributed by atoms with van der Waals surface area (Å²) in [6, 6.07) is 9.16. The second-order valence-electron chi connectivity index (χ2n) is 7.12. The molecular formula is C20H27ClN4O2. The van der Waals surface area contributed by atoms with E-state index in [1.807, 2.05) is 55.8 Å². The van der Waals surface area contributed by atoms with Gasteiger partial charge in [-0.1, -0.05) is 23.7 Å². The molecule has 1 aliphatic heterocycles. The maximum atomic E-state index is 13.2. The molecule has 1 aromatic carbocycles. The van der Waals surface area contributed by atoms with Crippen LogP contribution in [-0.4, -0.2) is 52.9 Å². The Hall–Kier alpha value is -1.89. The fourth-order valence-corrected chi connectivity index (χ4v) is 3.62. The predicted molar refractivity (Wildman–Crippen MR) is 106 cm³/mol. The smallest absolute Gasteiger partial charge is 0.242 e. The normalized spacial score (nSPS) is 17.5. The van der Waals surface area contributed by atoms with Gasteiger partial charge in [0, 0.05) is 29.8 Å². The second-order valence-corrected chi connectivity index (χ2v) is 7.56. The lowest BCUT2D eigenvalue weighted by molar-refractivity contribution is -0.129. The number of nitrogens with zero attached hydrogens (tertiary/aromatic N) is 3. The van der Waals surface area contributed by atoms with E-state index in [2.05, 4.69) is 15.3 Å². The summed E-state index contributed by atoms with van der Waals surface area (Å²) in [5.41, 5.74) is 3.02. The molecule has 1 fully saturated rings. The van der Waals surface area contributed by atoms with Gasteiger partial charge in [-0.05, 0) is 44.5 Å². The van der Waals surface area contributed by atoms with Crippen LogP contribution in [0.5, 0.6) is 0 Å². The molecule has 1 aliphatic rings. The van der Waals surface area contributed by atoms with Gasteiger partial charge in [0.1, 0.15) is 6.04 Å². The van der Waals surface area contributed by atoms with Crippen molar-refractivity contribution < 1.29 is 9.53 Å². The van der Waals surface area contributed by atoms with Crippen LogP contribution >= 0.6 is 11.6 Å². The topological polar surface area (TPSA) is 59.4 Å². The molecule has 1 N–H and O–H groups in total. The molecule has 1 aromatic heterocycles. The van der Waals surface area contributed by atoms with Gasteiger partial charge >= 0.3 is 0 Å². The van der Waals surface area contributed by atoms with Gasteiger partial charge in [0.2, 0.25) is 5.91 Å². The zero-order chi connectivity index (χ0) is 19.4. The molecule has 0 spiro atoms. The monoisotopic (exact) mass is 390 g/mol. The number of carbonyl (C=O) groups excluding carboxylic acids is 1. The molecule has 2 atom stereocenters. The average Bonchev–Trinajstić information content (AvgIpc) is 2.94. The van der Waals surface area contributed by atoms with Gasteiger partial charge in [0.15, 0.2) is 0 Å². The number of hydrogen-bond acceptors (Lipinski definition) is 4. The molecule has 1 amide bonds. The van der Waals surface area contributed by atoms with E-state index < -0.39 is 0 Å². The summed E-state index contributed by atoms with van der Waals surface area (Å²) in [5, 5.41) is 8.31. The van der Waals surface area contributed by atoms with Gasteiger partial charge in [-0.3, -0.25) is 14.4 Å². The van der Waals surface area contributed by atoms with E-state index in [0.717, 1.165) is 30.0 Å². The number of aromatic nitrogens is 2. The molecule has 27 heavy (non-hydrogen) atoms. The predicted octanol–water partition coefficient (Wildman–Crippen LogP) is 2.73. The maximum Gasteiger partial charge on any atom is 0.242 e. The van der Waals surface area contributed by atoms with Crippen LogP contribution in [0.3, 0.4) is 0 Å². The van der Waals surface area contributed by atoms with E-state index in [-0.39, 0.29) is 18.0 Å². The Morgan fingerprint density at radius 3 is 2.52 bits per heavy atom. The van der Waals surface area contributed by atoms with E-state index in [4.69, 9.17) is 16.3 Å². The average molecular weight is 391 g/mol. The molecule has 0 unspecified atom stereocenters. The van der Waals surface area contributed by atoms with Crippen LogP contribution in [0.25, 0.3) is 0 Å². The van der Waals surface area contributed by atoms with Crippen molar-refractivity contribution in [3.8, 4) is 0 Å². The minimum Gasteiger partial charge on any atom is -0.379 e. The van der Waals surface area contributed by atoms with Crippen LogP contribution < -0.4 is 5.32 Å². The molecule has 146 valence electrons. The number of hydrogen-bond donors (Lipinski definition) is 1. The van der Waals surface area contributed by atoms with Gasteiger partial charge in [0.05, 0.1) is 25.5 Å². The Morgan fingerprint density at radius 2 is 1.93 bits per heavy atom. The van der Waals surface area contributed by atoms with Crippen LogP contribution in [0.4, 0.5) is 0 Å². The molecule has 3 rings (SSSR count). The van der Waals surface area contributed by atoms with Gasteiger partial charge in [-0.15, -0.1) is 0 Å². The highest BCUT2D eigenvalue weighted by atomic mass is 35.5. The third-order valence-electron chi connectivity index (χ3n) is 4.78. The number of aryl methyl sites for hydroxylation is 2. The van der Waals surface area contributed by atoms with Crippen LogP contribution in [0.2, 0.25) is 5.02 Å². The Labute approximate surface area is 165 Å². The number of rotatable bonds is 6. The number of morpholine rings is 1. The summed E-state index contributed by atoms with van der Waals surface area (Å²) < 4.78 is 7.39. The third-order valence-corrected chi connectivity index (χ3v) is 5.04. The SMILES string of the molecule is Cc1cc(C)n(C[C@@H](C)NC(=O)[C@@H](c2ccc(Cl)cc2)N2CCOCC2)n1. The molecule has 1 saturated heterocycles. The second kappa shape index (κ2) is 8.87. The molecule has 0 saturated carbocycles. The summed E-state index contributed by atoms with van der Waals surface area (Å²) in [7, 11) is 0. The van der Waals surface area contributed by atoms with E-state index in [0.29, 0.717) is 24.8 Å². The molecular weight excluding hydrogens is 364 g/mol. The number of amides is 1. The fraction of sp³-hybridized carbons (Fsp3) is 0.500. The van der Waals surface area contributed by atoms with Gasteiger partial charge in [0.25, 0.3) is 0 Å². The summed E-state index contributed by atoms with van der Waals surface area (Å²) in [6.07, 6.45) is 0. The highest BCUT2D eigenvalue weighted by Crippen LogP contribution is 2.24. The Kier molecular flexibility index (Phi) is 6.52. The first-order chi connectivity index (χ1) is 12.9. The lowest BCUT2D eigenvalue weighted by Gasteiger charge is -2.34. The Bertz CT molecular complexity index is 769. The lowest BCUT2D eigenvalue weighted by atomic mass is 10.0. The van der Waals surface area contributed by atoms with Gasteiger partial charge in [-0.2, -0.15) is 5.10 Å². The largest absolute Gasteiger partial charge is 0.379 e. The van der Waals surface area contributed by atoms with E-state index in [9.17, 15) is 4.79 Å². The van der Waals surface area contributed by atoms with Crippen molar-refractivity contribution in [1.82, 2.24) is 20.0 Å². The third kappa shape index (κ3) is 5.09. The maximum absolute atomic E-state index is 13.2. The summed E-state index contributed by atoms with van der Waals surface area (Å²) in [5.74, 6) is -0.00625. The van der Waals surface area contributed by atoms with Gasteiger partial charge < -0.3 is 10.1 Å². The summed E-state index contributed by atoms with van der Waals surface area (Å²) in [4.78, 5) is 15.3. The van der Waals surface area contributed by atoms with Crippen molar-refractivity contribution in [2.75, 3.05) is 26.3 Å². The van der Waals surface area contributed by atoms with Crippen LogP contribution in [0.15, 0.2) is 30.3 Å². The lowest BCUT2D eigenvalue weighted by Crippen LogP contribution is -2.48. The highest BCUT2D eigenvalue weighted by Gasteiger charge is 2.29. The van der Waals surface area contributed by atoms with Crippen molar-refractivity contribution in [1.29, 1.82) is 0 Å². The first kappa shape index (κ1) is 19.9. The summed E-state index contributed by atoms with van der Waals surface area (Å²) in [6.45, 7) is 9.38. The molecule has 6 nitrogen and oxygen atoms in total. The van der Waals surface area contributed by atoms with E-state index in [1.165, 1.54) is 0 Å². The first-order valence-electron chi connectivity index (χ1n) is 9.32. The summed E-state index contributed by atoms with van der Waals surface area (Å²) >= 11 is 6.03. The Morgan fingerprint density at radius 1 is 1.26 bits per heavy atom. The van der Waals surface area contributed by atoms with E-state index in [1.54, 1.807) is 0 Å². The molecule has 2 aromatic rings. The molecule has 7 heteroatoms. The quantitative estimate of drug-likeness (QED) is 0.823. The molecule has 0 bridgehead atoms. The van der Waals surface area contributed by atoms with Crippen LogP contribution in [0.1, 0.15) is 29.9 Å². The number of ether oxygens (including phenoxy) is 1. The standard InChI is InChI=1S/C20H27ClN4O2/c1-14-12-16(3)25(23-14)13-15(2)22-20(26)19(24-8-10-27-11-9-24)17-4-6-18(21)7-5-17/h4-7,12,15,19H,8-11,13H2,1-3H3,(H,22,26)/t15-,19-/m1/s1. The van der Waals surface area contributed by atoms with Crippen molar-refractivity contribution in [3.63, 3.8) is 0 Å². The first-order valence-corrected chi connectivity index (χ1v) is 9.70. The van der Waals surface area contributed by atoms with Crippen molar-refractivity contribution >= 4 is 17.5 Å². The van der Waals surface area contributed by atoms with Gasteiger partial charge in [-0.25, -0.2) is 0 Å². The number of nitrogens with one attached hydrogen (secondary N) is 1. The molecule has 2 heterocycles. The highest BCUT2D eigenvalue weighted by molar-refractivity contribution is 6.30. The zero-order valence-corrected chi connectivity index (χ0v) is 16.9. The number of carbonyl (C=O) groups is 1. The van der Waals surface area contributed by atoms with Crippen LogP contribution in [0, 0.1) is 13.8 Å². The number of benzene rings is 1. The molecule has 0 aliphatic carbocycles. The minimum absolute atomic E-state index is 0.00625. The van der Waals surface area contributed by atoms with Crippen molar-refractivity contribution in [3.05, 3.63) is 52.3 Å². The number of halogens is 1. The minimum atomic E-state index is -0.353. The van der Waals surface area contributed by atoms with Crippen LogP contribution in [-0.2, 0) is 16.1 Å². The fourth-order valence-electron chi connectivity index (χ4n) is 3.50.